The van der Waals surface area contributed by atoms with Crippen LogP contribution in [0.2, 0.25) is 0 Å². The first-order valence-corrected chi connectivity index (χ1v) is 12.1. The van der Waals surface area contributed by atoms with Gasteiger partial charge in [0.1, 0.15) is 0 Å². The number of carbonyl (C=O) groups excluding carboxylic acids is 2. The summed E-state index contributed by atoms with van der Waals surface area (Å²) in [5, 5.41) is 5.53. The minimum atomic E-state index is -3.87. The standard InChI is InChI=1S/C25H25N3O4S/c1-18(19-10-12-21(13-11-19)20-6-3-2-4-7-20)27-25(30)22-8-5-9-23(16-22)33(31,32)28-15-14-26-24(29)17-28/h2-13,16,18H,14-15,17H2,1H3,(H,26,29)(H,27,30). The van der Waals surface area contributed by atoms with E-state index < -0.39 is 10.0 Å². The molecule has 7 nitrogen and oxygen atoms in total. The Kier molecular flexibility index (Phi) is 6.57. The first-order valence-electron chi connectivity index (χ1n) is 10.7. The maximum atomic E-state index is 12.9. The average Bonchev–Trinajstić information content (AvgIpc) is 2.84. The van der Waals surface area contributed by atoms with Crippen LogP contribution in [-0.4, -0.2) is 44.2 Å². The lowest BCUT2D eigenvalue weighted by Gasteiger charge is -2.26. The van der Waals surface area contributed by atoms with Crippen LogP contribution in [0.1, 0.15) is 28.9 Å². The number of hydrogen-bond donors (Lipinski definition) is 2. The summed E-state index contributed by atoms with van der Waals surface area (Å²) in [6.45, 7) is 2.11. The van der Waals surface area contributed by atoms with Crippen LogP contribution in [0.15, 0.2) is 83.8 Å². The minimum Gasteiger partial charge on any atom is -0.354 e. The zero-order valence-corrected chi connectivity index (χ0v) is 19.0. The fraction of sp³-hybridized carbons (Fsp3) is 0.200. The van der Waals surface area contributed by atoms with Gasteiger partial charge < -0.3 is 10.6 Å². The number of hydrogen-bond acceptors (Lipinski definition) is 4. The number of piperazine rings is 1. The Bertz CT molecular complexity index is 1260. The summed E-state index contributed by atoms with van der Waals surface area (Å²) in [6.07, 6.45) is 0. The van der Waals surface area contributed by atoms with E-state index in [0.717, 1.165) is 21.0 Å². The molecule has 0 bridgehead atoms. The van der Waals surface area contributed by atoms with Crippen molar-refractivity contribution >= 4 is 21.8 Å². The second kappa shape index (κ2) is 9.56. The van der Waals surface area contributed by atoms with Crippen molar-refractivity contribution < 1.29 is 18.0 Å². The van der Waals surface area contributed by atoms with Crippen molar-refractivity contribution in [1.29, 1.82) is 0 Å². The van der Waals surface area contributed by atoms with Gasteiger partial charge in [-0.15, -0.1) is 0 Å². The number of sulfonamides is 1. The van der Waals surface area contributed by atoms with Crippen molar-refractivity contribution in [3.05, 3.63) is 90.0 Å². The molecule has 1 aliphatic heterocycles. The van der Waals surface area contributed by atoms with Crippen molar-refractivity contribution in [2.45, 2.75) is 17.9 Å². The molecule has 0 radical (unpaired) electrons. The Labute approximate surface area is 193 Å². The normalized spacial score (nSPS) is 15.5. The van der Waals surface area contributed by atoms with Crippen LogP contribution >= 0.6 is 0 Å². The lowest BCUT2D eigenvalue weighted by atomic mass is 10.0. The Balaban J connectivity index is 1.47. The third-order valence-corrected chi connectivity index (χ3v) is 7.44. The van der Waals surface area contributed by atoms with Gasteiger partial charge in [0.15, 0.2) is 0 Å². The number of benzene rings is 3. The molecule has 1 atom stereocenters. The van der Waals surface area contributed by atoms with E-state index in [-0.39, 0.29) is 47.9 Å². The van der Waals surface area contributed by atoms with Crippen LogP contribution in [0.4, 0.5) is 0 Å². The topological polar surface area (TPSA) is 95.6 Å². The summed E-state index contributed by atoms with van der Waals surface area (Å²) in [5.41, 5.74) is 3.38. The number of carbonyl (C=O) groups is 2. The van der Waals surface area contributed by atoms with Crippen molar-refractivity contribution in [3.63, 3.8) is 0 Å². The van der Waals surface area contributed by atoms with Gasteiger partial charge in [0.25, 0.3) is 5.91 Å². The summed E-state index contributed by atoms with van der Waals surface area (Å²) >= 11 is 0. The number of nitrogens with one attached hydrogen (secondary N) is 2. The molecule has 1 fully saturated rings. The fourth-order valence-corrected chi connectivity index (χ4v) is 5.17. The SMILES string of the molecule is CC(NC(=O)c1cccc(S(=O)(=O)N2CCNC(=O)C2)c1)c1ccc(-c2ccccc2)cc1. The third-order valence-electron chi connectivity index (χ3n) is 5.60. The molecule has 3 aromatic carbocycles. The van der Waals surface area contributed by atoms with E-state index in [4.69, 9.17) is 0 Å². The van der Waals surface area contributed by atoms with E-state index >= 15 is 0 Å². The van der Waals surface area contributed by atoms with E-state index in [1.807, 2.05) is 61.5 Å². The predicted molar refractivity (Wildman–Crippen MR) is 126 cm³/mol. The van der Waals surface area contributed by atoms with Gasteiger partial charge >= 0.3 is 0 Å². The van der Waals surface area contributed by atoms with Crippen LogP contribution in [0.5, 0.6) is 0 Å². The van der Waals surface area contributed by atoms with Gasteiger partial charge in [0, 0.05) is 18.7 Å². The van der Waals surface area contributed by atoms with Crippen molar-refractivity contribution in [1.82, 2.24) is 14.9 Å². The van der Waals surface area contributed by atoms with Gasteiger partial charge in [0.05, 0.1) is 17.5 Å². The lowest BCUT2D eigenvalue weighted by Crippen LogP contribution is -2.49. The van der Waals surface area contributed by atoms with E-state index in [1.54, 1.807) is 6.07 Å². The fourth-order valence-electron chi connectivity index (χ4n) is 3.73. The zero-order chi connectivity index (χ0) is 23.4. The molecule has 3 aromatic rings. The van der Waals surface area contributed by atoms with Crippen molar-refractivity contribution in [2.24, 2.45) is 0 Å². The van der Waals surface area contributed by atoms with Crippen LogP contribution in [0.3, 0.4) is 0 Å². The third kappa shape index (κ3) is 5.13. The highest BCUT2D eigenvalue weighted by Gasteiger charge is 2.29. The molecule has 1 aliphatic rings. The molecule has 170 valence electrons. The number of rotatable bonds is 6. The van der Waals surface area contributed by atoms with Crippen LogP contribution in [0.25, 0.3) is 11.1 Å². The Morgan fingerprint density at radius 2 is 1.67 bits per heavy atom. The van der Waals surface area contributed by atoms with Gasteiger partial charge in [0.2, 0.25) is 15.9 Å². The molecule has 0 saturated carbocycles. The summed E-state index contributed by atoms with van der Waals surface area (Å²) < 4.78 is 27.0. The molecule has 1 saturated heterocycles. The number of nitrogens with zero attached hydrogens (tertiary/aromatic N) is 1. The summed E-state index contributed by atoms with van der Waals surface area (Å²) in [7, 11) is -3.87. The van der Waals surface area contributed by atoms with E-state index in [0.29, 0.717) is 0 Å². The highest BCUT2D eigenvalue weighted by Crippen LogP contribution is 2.23. The first kappa shape index (κ1) is 22.7. The highest BCUT2D eigenvalue weighted by molar-refractivity contribution is 7.89. The molecule has 0 spiro atoms. The molecular weight excluding hydrogens is 438 g/mol. The second-order valence-corrected chi connectivity index (χ2v) is 9.84. The van der Waals surface area contributed by atoms with Gasteiger partial charge in [-0.1, -0.05) is 60.7 Å². The Morgan fingerprint density at radius 1 is 0.970 bits per heavy atom. The van der Waals surface area contributed by atoms with Crippen molar-refractivity contribution in [3.8, 4) is 11.1 Å². The van der Waals surface area contributed by atoms with Crippen molar-refractivity contribution in [2.75, 3.05) is 19.6 Å². The average molecular weight is 464 g/mol. The molecule has 2 N–H and O–H groups in total. The van der Waals surface area contributed by atoms with Crippen LogP contribution in [0, 0.1) is 0 Å². The Morgan fingerprint density at radius 3 is 2.36 bits per heavy atom. The summed E-state index contributed by atoms with van der Waals surface area (Å²) in [6, 6.07) is 23.6. The molecule has 0 aliphatic carbocycles. The number of amides is 2. The molecule has 0 aromatic heterocycles. The quantitative estimate of drug-likeness (QED) is 0.588. The smallest absolute Gasteiger partial charge is 0.251 e. The lowest BCUT2D eigenvalue weighted by molar-refractivity contribution is -0.122. The maximum Gasteiger partial charge on any atom is 0.251 e. The molecule has 33 heavy (non-hydrogen) atoms. The van der Waals surface area contributed by atoms with Crippen LogP contribution in [-0.2, 0) is 14.8 Å². The Hall–Kier alpha value is -3.49. The maximum absolute atomic E-state index is 12.9. The van der Waals surface area contributed by atoms with Gasteiger partial charge in [-0.2, -0.15) is 4.31 Å². The van der Waals surface area contributed by atoms with Gasteiger partial charge in [-0.25, -0.2) is 8.42 Å². The molecule has 1 heterocycles. The molecule has 4 rings (SSSR count). The van der Waals surface area contributed by atoms with E-state index in [2.05, 4.69) is 10.6 Å². The minimum absolute atomic E-state index is 0.00952. The molecule has 2 amide bonds. The molecular formula is C25H25N3O4S. The van der Waals surface area contributed by atoms with Crippen LogP contribution < -0.4 is 10.6 Å². The summed E-state index contributed by atoms with van der Waals surface area (Å²) in [4.78, 5) is 24.4. The largest absolute Gasteiger partial charge is 0.354 e. The summed E-state index contributed by atoms with van der Waals surface area (Å²) in [5.74, 6) is -0.714. The highest BCUT2D eigenvalue weighted by atomic mass is 32.2. The predicted octanol–water partition coefficient (Wildman–Crippen LogP) is 2.97. The van der Waals surface area contributed by atoms with E-state index in [9.17, 15) is 18.0 Å². The molecule has 8 heteroatoms. The van der Waals surface area contributed by atoms with Gasteiger partial charge in [-0.05, 0) is 41.8 Å². The zero-order valence-electron chi connectivity index (χ0n) is 18.2. The first-order chi connectivity index (χ1) is 15.8. The van der Waals surface area contributed by atoms with Gasteiger partial charge in [-0.3, -0.25) is 9.59 Å². The second-order valence-electron chi connectivity index (χ2n) is 7.90. The monoisotopic (exact) mass is 463 g/mol. The van der Waals surface area contributed by atoms with E-state index in [1.165, 1.54) is 18.2 Å². The molecule has 1 unspecified atom stereocenters.